The maximum Gasteiger partial charge on any atom is 0.337 e. The van der Waals surface area contributed by atoms with E-state index in [4.69, 9.17) is 10.5 Å². The second-order valence-electron chi connectivity index (χ2n) is 16.2. The number of fused-ring (bicyclic) bond motifs is 7. The molecule has 0 radical (unpaired) electrons. The Hall–Kier alpha value is -1.87. The second-order valence-corrected chi connectivity index (χ2v) is 16.2. The Labute approximate surface area is 243 Å². The molecule has 5 aliphatic carbocycles. The van der Waals surface area contributed by atoms with Crippen LogP contribution < -0.4 is 5.73 Å². The van der Waals surface area contributed by atoms with Crippen LogP contribution in [0.15, 0.2) is 42.5 Å². The van der Waals surface area contributed by atoms with Gasteiger partial charge in [-0.3, -0.25) is 0 Å². The molecular weight excluding hydrogens is 490 g/mol. The average Bonchev–Trinajstić information content (AvgIpc) is 3.26. The quantitative estimate of drug-likeness (QED) is 0.309. The van der Waals surface area contributed by atoms with Gasteiger partial charge in [0.2, 0.25) is 0 Å². The number of carbonyl (C=O) groups excluding carboxylic acids is 1. The fourth-order valence-electron chi connectivity index (χ4n) is 12.3. The minimum Gasteiger partial charge on any atom is -0.465 e. The molecule has 0 amide bonds. The monoisotopic (exact) mass is 544 g/mol. The first-order chi connectivity index (χ1) is 18.7. The minimum absolute atomic E-state index is 0.0877. The van der Waals surface area contributed by atoms with Crippen molar-refractivity contribution in [3.05, 3.63) is 53.6 Å². The zero-order valence-corrected chi connectivity index (χ0v) is 26.4. The Morgan fingerprint density at radius 1 is 0.900 bits per heavy atom. The lowest BCUT2D eigenvalue weighted by Gasteiger charge is -2.72. The Morgan fingerprint density at radius 3 is 2.25 bits per heavy atom. The first-order valence-electron chi connectivity index (χ1n) is 16.1. The zero-order chi connectivity index (χ0) is 28.9. The minimum atomic E-state index is -0.266. The number of hydrogen-bond donors (Lipinski definition) is 1. The van der Waals surface area contributed by atoms with Gasteiger partial charge in [0.1, 0.15) is 0 Å². The van der Waals surface area contributed by atoms with Gasteiger partial charge in [-0.2, -0.15) is 0 Å². The van der Waals surface area contributed by atoms with E-state index in [9.17, 15) is 4.79 Å². The van der Waals surface area contributed by atoms with Crippen LogP contribution in [0.1, 0.15) is 115 Å². The van der Waals surface area contributed by atoms with Gasteiger partial charge in [-0.1, -0.05) is 65.0 Å². The summed E-state index contributed by atoms with van der Waals surface area (Å²) in [6.45, 7) is 19.9. The molecule has 0 aromatic heterocycles. The topological polar surface area (TPSA) is 53.9 Å². The Morgan fingerprint density at radius 2 is 1.60 bits per heavy atom. The summed E-state index contributed by atoms with van der Waals surface area (Å²) in [5.74, 6) is 3.30. The third-order valence-electron chi connectivity index (χ3n) is 14.4. The SMILES string of the molecule is C=C(C)[C@@H]1CC[C@]2([NH3+])CC[C@]3(C)[C@H](CC[C@@H]4[C@@]5(C)CC=C(c6ccc(C(=O)OC)cc6)C(C)(C)[C@@H]5CC[C@]43C)[C@@H]12. The molecule has 6 rings (SSSR count). The van der Waals surface area contributed by atoms with E-state index in [1.54, 1.807) is 0 Å². The Kier molecular flexibility index (Phi) is 6.40. The second kappa shape index (κ2) is 9.06. The van der Waals surface area contributed by atoms with E-state index in [2.05, 4.69) is 66.3 Å². The van der Waals surface area contributed by atoms with Crippen molar-refractivity contribution in [2.24, 2.45) is 51.2 Å². The normalized spacial score (nSPS) is 45.3. The van der Waals surface area contributed by atoms with E-state index >= 15 is 0 Å². The summed E-state index contributed by atoms with van der Waals surface area (Å²) in [6.07, 6.45) is 14.4. The lowest BCUT2D eigenvalue weighted by Crippen LogP contribution is -2.79. The Balaban J connectivity index is 1.34. The number of benzene rings is 1. The van der Waals surface area contributed by atoms with E-state index in [0.717, 1.165) is 18.3 Å². The highest BCUT2D eigenvalue weighted by Crippen LogP contribution is 2.76. The molecular formula is C37H54NO2+. The van der Waals surface area contributed by atoms with Gasteiger partial charge in [0, 0.05) is 18.8 Å². The van der Waals surface area contributed by atoms with Crippen molar-refractivity contribution in [3.63, 3.8) is 0 Å². The number of hydrogen-bond acceptors (Lipinski definition) is 2. The molecule has 0 unspecified atom stereocenters. The molecule has 1 aromatic carbocycles. The maximum atomic E-state index is 12.0. The summed E-state index contributed by atoms with van der Waals surface area (Å²) >= 11 is 0. The first kappa shape index (κ1) is 28.3. The molecule has 4 fully saturated rings. The average molecular weight is 545 g/mol. The predicted molar refractivity (Wildman–Crippen MR) is 163 cm³/mol. The standard InChI is InChI=1S/C37H53NO2/c1-23(2)26-15-20-37(38)22-21-35(6)28(31(26)37)13-14-30-34(5)18-16-27(24-9-11-25(12-10-24)32(39)40-8)33(3,4)29(34)17-19-36(30,35)7/h9-12,16,26,28-31H,1,13-15,17-22,38H2,2-8H3/p+1/t26-,28+,29-,30+,31+,34-,35+,36+,37-/m0/s1. The van der Waals surface area contributed by atoms with Crippen molar-refractivity contribution in [1.29, 1.82) is 0 Å². The molecule has 3 heteroatoms. The molecule has 218 valence electrons. The number of quaternary nitrogens is 1. The van der Waals surface area contributed by atoms with Crippen LogP contribution in [0.5, 0.6) is 0 Å². The fraction of sp³-hybridized carbons (Fsp3) is 0.703. The summed E-state index contributed by atoms with van der Waals surface area (Å²) < 4.78 is 4.94. The molecule has 40 heavy (non-hydrogen) atoms. The molecule has 1 aromatic rings. The summed E-state index contributed by atoms with van der Waals surface area (Å²) in [7, 11) is 1.45. The van der Waals surface area contributed by atoms with E-state index in [0.29, 0.717) is 39.6 Å². The number of allylic oxidation sites excluding steroid dienone is 3. The number of carbonyl (C=O) groups is 1. The molecule has 0 aliphatic heterocycles. The fourth-order valence-corrected chi connectivity index (χ4v) is 12.3. The van der Waals surface area contributed by atoms with Gasteiger partial charge in [-0.25, -0.2) is 4.79 Å². The highest BCUT2D eigenvalue weighted by atomic mass is 16.5. The molecule has 4 saturated carbocycles. The summed E-state index contributed by atoms with van der Waals surface area (Å²) in [6, 6.07) is 8.13. The third-order valence-corrected chi connectivity index (χ3v) is 14.4. The highest BCUT2D eigenvalue weighted by Gasteiger charge is 2.70. The number of methoxy groups -OCH3 is 1. The first-order valence-corrected chi connectivity index (χ1v) is 16.1. The van der Waals surface area contributed by atoms with Gasteiger partial charge in [-0.05, 0) is 120 Å². The van der Waals surface area contributed by atoms with Gasteiger partial charge in [0.05, 0.1) is 18.2 Å². The van der Waals surface area contributed by atoms with E-state index in [1.165, 1.54) is 75.2 Å². The van der Waals surface area contributed by atoms with Crippen LogP contribution in [0.25, 0.3) is 5.57 Å². The van der Waals surface area contributed by atoms with Crippen molar-refractivity contribution >= 4 is 11.5 Å². The largest absolute Gasteiger partial charge is 0.465 e. The van der Waals surface area contributed by atoms with Crippen LogP contribution in [0.3, 0.4) is 0 Å². The van der Waals surface area contributed by atoms with Crippen LogP contribution in [0.4, 0.5) is 0 Å². The molecule has 3 N–H and O–H groups in total. The van der Waals surface area contributed by atoms with Crippen LogP contribution >= 0.6 is 0 Å². The van der Waals surface area contributed by atoms with Crippen molar-refractivity contribution in [2.75, 3.05) is 7.11 Å². The van der Waals surface area contributed by atoms with Crippen LogP contribution in [-0.2, 0) is 4.74 Å². The molecule has 0 bridgehead atoms. The van der Waals surface area contributed by atoms with Gasteiger partial charge in [0.25, 0.3) is 0 Å². The van der Waals surface area contributed by atoms with Crippen molar-refractivity contribution in [2.45, 2.75) is 105 Å². The predicted octanol–water partition coefficient (Wildman–Crippen LogP) is 8.12. The molecule has 3 nitrogen and oxygen atoms in total. The lowest BCUT2D eigenvalue weighted by molar-refractivity contribution is -0.505. The van der Waals surface area contributed by atoms with Gasteiger partial charge < -0.3 is 10.5 Å². The van der Waals surface area contributed by atoms with E-state index in [-0.39, 0.29) is 16.9 Å². The van der Waals surface area contributed by atoms with Crippen molar-refractivity contribution in [3.8, 4) is 0 Å². The van der Waals surface area contributed by atoms with E-state index < -0.39 is 0 Å². The number of ether oxygens (including phenoxy) is 1. The van der Waals surface area contributed by atoms with E-state index in [1.807, 2.05) is 12.1 Å². The third kappa shape index (κ3) is 3.61. The molecule has 0 saturated heterocycles. The highest BCUT2D eigenvalue weighted by molar-refractivity contribution is 5.89. The van der Waals surface area contributed by atoms with Crippen LogP contribution in [-0.4, -0.2) is 18.6 Å². The summed E-state index contributed by atoms with van der Waals surface area (Å²) in [5.41, 5.74) is 11.1. The maximum absolute atomic E-state index is 12.0. The number of esters is 1. The van der Waals surface area contributed by atoms with Gasteiger partial charge in [0.15, 0.2) is 0 Å². The Bertz CT molecular complexity index is 1240. The van der Waals surface area contributed by atoms with Crippen LogP contribution in [0, 0.1) is 51.2 Å². The van der Waals surface area contributed by atoms with Gasteiger partial charge >= 0.3 is 5.97 Å². The molecule has 0 heterocycles. The molecule has 5 aliphatic rings. The zero-order valence-electron chi connectivity index (χ0n) is 26.4. The van der Waals surface area contributed by atoms with Crippen molar-refractivity contribution in [1.82, 2.24) is 0 Å². The smallest absolute Gasteiger partial charge is 0.337 e. The summed E-state index contributed by atoms with van der Waals surface area (Å²) in [5, 5.41) is 0. The number of rotatable bonds is 3. The lowest BCUT2D eigenvalue weighted by atomic mass is 9.33. The summed E-state index contributed by atoms with van der Waals surface area (Å²) in [4.78, 5) is 12.0. The van der Waals surface area contributed by atoms with Crippen molar-refractivity contribution < 1.29 is 15.3 Å². The molecule has 9 atom stereocenters. The van der Waals surface area contributed by atoms with Gasteiger partial charge in [-0.15, -0.1) is 0 Å². The van der Waals surface area contributed by atoms with Crippen LogP contribution in [0.2, 0.25) is 0 Å². The molecule has 0 spiro atoms.